The van der Waals surface area contributed by atoms with Crippen LogP contribution in [0.1, 0.15) is 5.56 Å². The van der Waals surface area contributed by atoms with Gasteiger partial charge in [0.25, 0.3) is 0 Å². The zero-order valence-corrected chi connectivity index (χ0v) is 16.7. The number of amides is 1. The van der Waals surface area contributed by atoms with E-state index in [9.17, 15) is 4.79 Å². The Morgan fingerprint density at radius 2 is 1.71 bits per heavy atom. The average Bonchev–Trinajstić information content (AvgIpc) is 2.72. The number of benzene rings is 2. The number of rotatable bonds is 11. The van der Waals surface area contributed by atoms with Crippen LogP contribution in [0.15, 0.2) is 55.1 Å². The van der Waals surface area contributed by atoms with E-state index in [-0.39, 0.29) is 12.5 Å². The van der Waals surface area contributed by atoms with Gasteiger partial charge in [0.15, 0.2) is 11.5 Å². The highest BCUT2D eigenvalue weighted by Crippen LogP contribution is 2.39. The highest BCUT2D eigenvalue weighted by atomic mass is 16.5. The van der Waals surface area contributed by atoms with Gasteiger partial charge in [-0.25, -0.2) is 0 Å². The molecule has 2 rings (SSSR count). The molecule has 6 heteroatoms. The molecule has 1 N–H and O–H groups in total. The van der Waals surface area contributed by atoms with Crippen molar-refractivity contribution in [2.45, 2.75) is 6.42 Å². The molecule has 0 atom stereocenters. The number of nitrogens with zero attached hydrogens (tertiary/aromatic N) is 1. The minimum absolute atomic E-state index is 0.121. The van der Waals surface area contributed by atoms with Crippen LogP contribution in [0, 0.1) is 0 Å². The van der Waals surface area contributed by atoms with Crippen molar-refractivity contribution in [2.24, 2.45) is 0 Å². The molecule has 6 nitrogen and oxygen atoms in total. The van der Waals surface area contributed by atoms with Crippen molar-refractivity contribution in [3.05, 3.63) is 60.7 Å². The van der Waals surface area contributed by atoms with E-state index in [0.717, 1.165) is 13.0 Å². The number of hydrogen-bond acceptors (Lipinski definition) is 5. The highest BCUT2D eigenvalue weighted by Gasteiger charge is 2.16. The first-order valence-corrected chi connectivity index (χ1v) is 9.08. The summed E-state index contributed by atoms with van der Waals surface area (Å²) in [5.74, 6) is 1.34. The van der Waals surface area contributed by atoms with Gasteiger partial charge in [-0.15, -0.1) is 6.58 Å². The predicted octanol–water partition coefficient (Wildman–Crippen LogP) is 3.38. The minimum Gasteiger partial charge on any atom is -0.493 e. The van der Waals surface area contributed by atoms with E-state index in [4.69, 9.17) is 14.2 Å². The Balaban J connectivity index is 2.02. The van der Waals surface area contributed by atoms with Crippen LogP contribution in [-0.4, -0.2) is 51.8 Å². The fourth-order valence-corrected chi connectivity index (χ4v) is 2.91. The van der Waals surface area contributed by atoms with Gasteiger partial charge < -0.3 is 19.5 Å². The first kappa shape index (κ1) is 21.3. The normalized spacial score (nSPS) is 10.4. The molecule has 28 heavy (non-hydrogen) atoms. The summed E-state index contributed by atoms with van der Waals surface area (Å²) in [4.78, 5) is 14.6. The average molecular weight is 384 g/mol. The summed E-state index contributed by atoms with van der Waals surface area (Å²) in [6.45, 7) is 5.45. The zero-order chi connectivity index (χ0) is 20.4. The summed E-state index contributed by atoms with van der Waals surface area (Å²) < 4.78 is 16.0. The van der Waals surface area contributed by atoms with Crippen molar-refractivity contribution >= 4 is 11.6 Å². The molecular formula is C22H28N2O4. The van der Waals surface area contributed by atoms with Crippen LogP contribution in [0.4, 0.5) is 5.69 Å². The third kappa shape index (κ3) is 6.03. The van der Waals surface area contributed by atoms with Crippen molar-refractivity contribution < 1.29 is 19.0 Å². The monoisotopic (exact) mass is 384 g/mol. The lowest BCUT2D eigenvalue weighted by atomic mass is 10.1. The van der Waals surface area contributed by atoms with Gasteiger partial charge in [-0.05, 0) is 12.0 Å². The lowest BCUT2D eigenvalue weighted by Crippen LogP contribution is -2.34. The fraction of sp³-hybridized carbons (Fsp3) is 0.318. The topological polar surface area (TPSA) is 60.0 Å². The van der Waals surface area contributed by atoms with Crippen LogP contribution < -0.4 is 19.5 Å². The molecule has 0 saturated carbocycles. The molecule has 1 amide bonds. The van der Waals surface area contributed by atoms with Gasteiger partial charge in [-0.2, -0.15) is 0 Å². The number of ether oxygens (including phenoxy) is 3. The largest absolute Gasteiger partial charge is 0.493 e. The number of nitrogens with one attached hydrogen (secondary N) is 1. The molecule has 0 aliphatic heterocycles. The third-order valence-corrected chi connectivity index (χ3v) is 4.26. The summed E-state index contributed by atoms with van der Waals surface area (Å²) in [5.41, 5.74) is 1.82. The molecule has 0 unspecified atom stereocenters. The summed E-state index contributed by atoms with van der Waals surface area (Å²) in [7, 11) is 4.62. The van der Waals surface area contributed by atoms with Crippen molar-refractivity contribution in [1.29, 1.82) is 0 Å². The maximum atomic E-state index is 12.6. The first-order valence-electron chi connectivity index (χ1n) is 9.08. The predicted molar refractivity (Wildman–Crippen MR) is 112 cm³/mol. The molecule has 0 aliphatic rings. The quantitative estimate of drug-likeness (QED) is 0.602. The van der Waals surface area contributed by atoms with Crippen LogP contribution in [0.5, 0.6) is 17.2 Å². The van der Waals surface area contributed by atoms with Gasteiger partial charge >= 0.3 is 0 Å². The maximum absolute atomic E-state index is 12.6. The molecule has 2 aromatic rings. The minimum atomic E-state index is -0.121. The second-order valence-corrected chi connectivity index (χ2v) is 6.22. The number of anilines is 1. The summed E-state index contributed by atoms with van der Waals surface area (Å²) in [6, 6.07) is 13.6. The van der Waals surface area contributed by atoms with Crippen molar-refractivity contribution in [1.82, 2.24) is 4.90 Å². The molecule has 0 radical (unpaired) electrons. The van der Waals surface area contributed by atoms with Crippen LogP contribution in [0.25, 0.3) is 0 Å². The number of methoxy groups -OCH3 is 3. The molecule has 0 spiro atoms. The molecule has 0 aromatic heterocycles. The smallest absolute Gasteiger partial charge is 0.238 e. The van der Waals surface area contributed by atoms with Crippen LogP contribution in [0.2, 0.25) is 0 Å². The summed E-state index contributed by atoms with van der Waals surface area (Å²) >= 11 is 0. The Labute approximate surface area is 166 Å². The molecule has 0 saturated heterocycles. The Bertz CT molecular complexity index is 752. The molecule has 0 fully saturated rings. The second-order valence-electron chi connectivity index (χ2n) is 6.22. The van der Waals surface area contributed by atoms with E-state index >= 15 is 0 Å². The fourth-order valence-electron chi connectivity index (χ4n) is 2.91. The maximum Gasteiger partial charge on any atom is 0.238 e. The van der Waals surface area contributed by atoms with Crippen LogP contribution in [-0.2, 0) is 11.2 Å². The van der Waals surface area contributed by atoms with Crippen molar-refractivity contribution in [3.63, 3.8) is 0 Å². The summed E-state index contributed by atoms with van der Waals surface area (Å²) in [6.07, 6.45) is 2.67. The Morgan fingerprint density at radius 3 is 2.25 bits per heavy atom. The van der Waals surface area contributed by atoms with Crippen LogP contribution >= 0.6 is 0 Å². The van der Waals surface area contributed by atoms with Gasteiger partial charge in [0.1, 0.15) is 0 Å². The van der Waals surface area contributed by atoms with Crippen molar-refractivity contribution in [3.8, 4) is 17.2 Å². The molecular weight excluding hydrogens is 356 g/mol. The molecule has 0 bridgehead atoms. The number of carbonyl (C=O) groups is 1. The molecule has 150 valence electrons. The molecule has 0 aliphatic carbocycles. The van der Waals surface area contributed by atoms with E-state index in [2.05, 4.69) is 24.0 Å². The Kier molecular flexibility index (Phi) is 8.37. The van der Waals surface area contributed by atoms with E-state index in [1.807, 2.05) is 23.1 Å². The Hall–Kier alpha value is -2.99. The van der Waals surface area contributed by atoms with Gasteiger partial charge in [-0.3, -0.25) is 9.69 Å². The van der Waals surface area contributed by atoms with Gasteiger partial charge in [0.2, 0.25) is 11.7 Å². The number of hydrogen-bond donors (Lipinski definition) is 1. The zero-order valence-electron chi connectivity index (χ0n) is 16.7. The van der Waals surface area contributed by atoms with E-state index in [1.54, 1.807) is 25.3 Å². The molecule has 2 aromatic carbocycles. The molecule has 0 heterocycles. The second kappa shape index (κ2) is 11.0. The van der Waals surface area contributed by atoms with E-state index in [0.29, 0.717) is 29.5 Å². The van der Waals surface area contributed by atoms with E-state index < -0.39 is 0 Å². The lowest BCUT2D eigenvalue weighted by Gasteiger charge is -2.20. The van der Waals surface area contributed by atoms with Crippen LogP contribution in [0.3, 0.4) is 0 Å². The first-order chi connectivity index (χ1) is 13.6. The SMILES string of the molecule is C=CCN(CCc1ccccc1)CC(=O)Nc1cc(OC)c(OC)c(OC)c1. The number of carbonyl (C=O) groups excluding carboxylic acids is 1. The van der Waals surface area contributed by atoms with Gasteiger partial charge in [0, 0.05) is 30.9 Å². The standard InChI is InChI=1S/C22H28N2O4/c1-5-12-24(13-11-17-9-7-6-8-10-17)16-21(25)23-18-14-19(26-2)22(28-4)20(15-18)27-3/h5-10,14-15H,1,11-13,16H2,2-4H3,(H,23,25). The van der Waals surface area contributed by atoms with E-state index in [1.165, 1.54) is 19.8 Å². The van der Waals surface area contributed by atoms with Gasteiger partial charge in [0.05, 0.1) is 27.9 Å². The highest BCUT2D eigenvalue weighted by molar-refractivity contribution is 5.93. The Morgan fingerprint density at radius 1 is 1.07 bits per heavy atom. The summed E-state index contributed by atoms with van der Waals surface area (Å²) in [5, 5.41) is 2.90. The van der Waals surface area contributed by atoms with Gasteiger partial charge in [-0.1, -0.05) is 36.4 Å². The van der Waals surface area contributed by atoms with Crippen molar-refractivity contribution in [2.75, 3.05) is 46.3 Å². The lowest BCUT2D eigenvalue weighted by molar-refractivity contribution is -0.117. The third-order valence-electron chi connectivity index (χ3n) is 4.26.